The molecule has 1 rings (SSSR count). The number of hydrogen-bond acceptors (Lipinski definition) is 3. The average molecular weight is 232 g/mol. The Kier molecular flexibility index (Phi) is 4.14. The topological polar surface area (TPSA) is 36.3 Å². The summed E-state index contributed by atoms with van der Waals surface area (Å²) >= 11 is 0. The van der Waals surface area contributed by atoms with Crippen LogP contribution in [-0.2, 0) is 0 Å². The van der Waals surface area contributed by atoms with E-state index in [9.17, 15) is 5.26 Å². The smallest absolute Gasteiger partial charge is 0.123 e. The number of methoxy groups -OCH3 is 1. The summed E-state index contributed by atoms with van der Waals surface area (Å²) < 4.78 is 5.38. The van der Waals surface area contributed by atoms with E-state index in [0.29, 0.717) is 0 Å². The molecular weight excluding hydrogens is 212 g/mol. The Balaban J connectivity index is 3.30. The SMILES string of the molecule is COc1ccccc1C(N(C)C)C(C)(C)C#N. The highest BCUT2D eigenvalue weighted by molar-refractivity contribution is 5.38. The molecule has 0 aliphatic carbocycles. The van der Waals surface area contributed by atoms with E-state index < -0.39 is 5.41 Å². The van der Waals surface area contributed by atoms with E-state index >= 15 is 0 Å². The molecule has 1 unspecified atom stereocenters. The van der Waals surface area contributed by atoms with Crippen LogP contribution in [-0.4, -0.2) is 26.1 Å². The summed E-state index contributed by atoms with van der Waals surface area (Å²) in [7, 11) is 5.62. The molecule has 0 N–H and O–H groups in total. The second-order valence-electron chi connectivity index (χ2n) is 4.94. The van der Waals surface area contributed by atoms with E-state index in [2.05, 4.69) is 11.0 Å². The molecule has 1 aromatic rings. The molecule has 0 aliphatic heterocycles. The maximum atomic E-state index is 9.32. The minimum absolute atomic E-state index is 0.00338. The van der Waals surface area contributed by atoms with Crippen LogP contribution in [0.4, 0.5) is 0 Å². The highest BCUT2D eigenvalue weighted by atomic mass is 16.5. The van der Waals surface area contributed by atoms with Crippen LogP contribution in [0.5, 0.6) is 5.75 Å². The van der Waals surface area contributed by atoms with Gasteiger partial charge in [-0.3, -0.25) is 0 Å². The fourth-order valence-electron chi connectivity index (χ4n) is 2.27. The fourth-order valence-corrected chi connectivity index (χ4v) is 2.27. The third-order valence-corrected chi connectivity index (χ3v) is 2.92. The van der Waals surface area contributed by atoms with Gasteiger partial charge in [0.15, 0.2) is 0 Å². The zero-order chi connectivity index (χ0) is 13.1. The summed E-state index contributed by atoms with van der Waals surface area (Å²) in [5, 5.41) is 9.32. The van der Waals surface area contributed by atoms with Crippen LogP contribution < -0.4 is 4.74 Å². The second-order valence-corrected chi connectivity index (χ2v) is 4.94. The van der Waals surface area contributed by atoms with Crippen molar-refractivity contribution in [3.63, 3.8) is 0 Å². The van der Waals surface area contributed by atoms with Gasteiger partial charge in [-0.1, -0.05) is 18.2 Å². The Morgan fingerprint density at radius 2 is 1.88 bits per heavy atom. The number of hydrogen-bond donors (Lipinski definition) is 0. The van der Waals surface area contributed by atoms with Crippen LogP contribution in [0.25, 0.3) is 0 Å². The first-order valence-corrected chi connectivity index (χ1v) is 5.64. The predicted octanol–water partition coefficient (Wildman–Crippen LogP) is 2.85. The first-order chi connectivity index (χ1) is 7.94. The molecule has 17 heavy (non-hydrogen) atoms. The third-order valence-electron chi connectivity index (χ3n) is 2.92. The first kappa shape index (κ1) is 13.5. The average Bonchev–Trinajstić information content (AvgIpc) is 2.29. The maximum absolute atomic E-state index is 9.32. The number of ether oxygens (including phenoxy) is 1. The largest absolute Gasteiger partial charge is 0.496 e. The molecular formula is C14H20N2O. The van der Waals surface area contributed by atoms with Crippen LogP contribution >= 0.6 is 0 Å². The van der Waals surface area contributed by atoms with Gasteiger partial charge in [-0.25, -0.2) is 0 Å². The number of para-hydroxylation sites is 1. The van der Waals surface area contributed by atoms with Crippen LogP contribution in [0.15, 0.2) is 24.3 Å². The Morgan fingerprint density at radius 1 is 1.29 bits per heavy atom. The number of nitrogens with zero attached hydrogens (tertiary/aromatic N) is 2. The van der Waals surface area contributed by atoms with Crippen LogP contribution in [0.3, 0.4) is 0 Å². The molecule has 0 saturated heterocycles. The summed E-state index contributed by atoms with van der Waals surface area (Å²) in [5.41, 5.74) is 0.574. The molecule has 92 valence electrons. The molecule has 0 heterocycles. The molecule has 3 nitrogen and oxygen atoms in total. The summed E-state index contributed by atoms with van der Waals surface area (Å²) in [6.07, 6.45) is 0. The van der Waals surface area contributed by atoms with E-state index in [1.807, 2.05) is 52.2 Å². The minimum Gasteiger partial charge on any atom is -0.496 e. The van der Waals surface area contributed by atoms with Crippen LogP contribution in [0.1, 0.15) is 25.5 Å². The molecule has 0 aromatic heterocycles. The van der Waals surface area contributed by atoms with Gasteiger partial charge in [0.2, 0.25) is 0 Å². The number of rotatable bonds is 4. The summed E-state index contributed by atoms with van der Waals surface area (Å²) in [6.45, 7) is 3.90. The monoisotopic (exact) mass is 232 g/mol. The lowest BCUT2D eigenvalue weighted by Crippen LogP contribution is -2.32. The van der Waals surface area contributed by atoms with Crippen molar-refractivity contribution in [3.8, 4) is 11.8 Å². The van der Waals surface area contributed by atoms with Crippen molar-refractivity contribution in [3.05, 3.63) is 29.8 Å². The summed E-state index contributed by atoms with van der Waals surface area (Å²) in [4.78, 5) is 2.06. The van der Waals surface area contributed by atoms with Gasteiger partial charge in [0.05, 0.1) is 24.6 Å². The van der Waals surface area contributed by atoms with Crippen molar-refractivity contribution in [1.82, 2.24) is 4.90 Å². The normalized spacial score (nSPS) is 13.2. The Hall–Kier alpha value is -1.53. The van der Waals surface area contributed by atoms with E-state index in [1.54, 1.807) is 7.11 Å². The second kappa shape index (κ2) is 5.20. The van der Waals surface area contributed by atoms with E-state index in [4.69, 9.17) is 4.74 Å². The summed E-state index contributed by atoms with van der Waals surface area (Å²) in [5.74, 6) is 0.828. The number of nitriles is 1. The Labute approximate surface area is 104 Å². The highest BCUT2D eigenvalue weighted by Gasteiger charge is 2.34. The molecule has 0 saturated carbocycles. The fraction of sp³-hybridized carbons (Fsp3) is 0.500. The molecule has 0 bridgehead atoms. The summed E-state index contributed by atoms with van der Waals surface area (Å²) in [6, 6.07) is 10.2. The van der Waals surface area contributed by atoms with Crippen molar-refractivity contribution < 1.29 is 4.74 Å². The van der Waals surface area contributed by atoms with Crippen molar-refractivity contribution in [2.24, 2.45) is 5.41 Å². The van der Waals surface area contributed by atoms with E-state index in [0.717, 1.165) is 11.3 Å². The molecule has 1 atom stereocenters. The van der Waals surface area contributed by atoms with Gasteiger partial charge >= 0.3 is 0 Å². The molecule has 0 aliphatic rings. The molecule has 3 heteroatoms. The van der Waals surface area contributed by atoms with E-state index in [1.165, 1.54) is 0 Å². The van der Waals surface area contributed by atoms with Gasteiger partial charge in [-0.15, -0.1) is 0 Å². The van der Waals surface area contributed by atoms with Crippen molar-refractivity contribution in [1.29, 1.82) is 5.26 Å². The quantitative estimate of drug-likeness (QED) is 0.801. The van der Waals surface area contributed by atoms with Crippen molar-refractivity contribution in [2.45, 2.75) is 19.9 Å². The van der Waals surface area contributed by atoms with Gasteiger partial charge in [0.1, 0.15) is 5.75 Å². The zero-order valence-electron chi connectivity index (χ0n) is 11.2. The number of benzene rings is 1. The van der Waals surface area contributed by atoms with E-state index in [-0.39, 0.29) is 6.04 Å². The highest BCUT2D eigenvalue weighted by Crippen LogP contribution is 2.40. The molecule has 0 amide bonds. The van der Waals surface area contributed by atoms with Gasteiger partial charge < -0.3 is 9.64 Å². The Bertz CT molecular complexity index is 418. The lowest BCUT2D eigenvalue weighted by atomic mass is 9.80. The predicted molar refractivity (Wildman–Crippen MR) is 68.8 cm³/mol. The first-order valence-electron chi connectivity index (χ1n) is 5.64. The molecule has 1 aromatic carbocycles. The minimum atomic E-state index is -0.474. The maximum Gasteiger partial charge on any atom is 0.123 e. The zero-order valence-corrected chi connectivity index (χ0v) is 11.2. The van der Waals surface area contributed by atoms with Gasteiger partial charge in [0.25, 0.3) is 0 Å². The third kappa shape index (κ3) is 2.78. The molecule has 0 spiro atoms. The van der Waals surface area contributed by atoms with Crippen LogP contribution in [0.2, 0.25) is 0 Å². The van der Waals surface area contributed by atoms with Crippen LogP contribution in [0, 0.1) is 16.7 Å². The lowest BCUT2D eigenvalue weighted by molar-refractivity contribution is 0.181. The van der Waals surface area contributed by atoms with Gasteiger partial charge in [0, 0.05) is 5.56 Å². The van der Waals surface area contributed by atoms with Gasteiger partial charge in [-0.05, 0) is 34.0 Å². The van der Waals surface area contributed by atoms with Gasteiger partial charge in [-0.2, -0.15) is 5.26 Å². The Morgan fingerprint density at radius 3 is 2.35 bits per heavy atom. The van der Waals surface area contributed by atoms with Crippen molar-refractivity contribution in [2.75, 3.05) is 21.2 Å². The van der Waals surface area contributed by atoms with Crippen molar-refractivity contribution >= 4 is 0 Å². The standard InChI is InChI=1S/C14H20N2O/c1-14(2,10-15)13(16(3)4)11-8-6-7-9-12(11)17-5/h6-9,13H,1-5H3. The molecule has 0 radical (unpaired) electrons. The molecule has 0 fully saturated rings. The lowest BCUT2D eigenvalue weighted by Gasteiger charge is -2.34.